The molecule has 3 aromatic rings. The molecule has 1 amide bonds. The zero-order valence-corrected chi connectivity index (χ0v) is 23.0. The zero-order valence-electron chi connectivity index (χ0n) is 21.4. The maximum Gasteiger partial charge on any atom is 0.272 e. The highest BCUT2D eigenvalue weighted by atomic mass is 35.5. The first-order valence-corrected chi connectivity index (χ1v) is 14.0. The van der Waals surface area contributed by atoms with Gasteiger partial charge < -0.3 is 14.5 Å². The molecule has 0 radical (unpaired) electrons. The van der Waals surface area contributed by atoms with Crippen molar-refractivity contribution < 1.29 is 9.53 Å². The predicted octanol–water partition coefficient (Wildman–Crippen LogP) is 5.77. The SMILES string of the molecule is CN1CCN(C(=O)C2=NCC(Oc3ccc(C4=Nc5cc(Cl)ccc5SC=C4)cc3)=Nc3ccccc32)CC1. The number of fused-ring (bicyclic) bond motifs is 2. The summed E-state index contributed by atoms with van der Waals surface area (Å²) in [5, 5.41) is 2.68. The van der Waals surface area contributed by atoms with Gasteiger partial charge in [0, 0.05) is 47.2 Å². The average Bonchev–Trinajstić information content (AvgIpc) is 3.27. The first kappa shape index (κ1) is 25.6. The number of likely N-dealkylation sites (N-methyl/N-ethyl adjacent to an activating group) is 1. The molecule has 3 aliphatic rings. The molecule has 0 saturated carbocycles. The van der Waals surface area contributed by atoms with E-state index in [4.69, 9.17) is 26.3 Å². The Hall–Kier alpha value is -3.72. The van der Waals surface area contributed by atoms with Crippen molar-refractivity contribution in [3.05, 3.63) is 94.4 Å². The maximum absolute atomic E-state index is 13.4. The van der Waals surface area contributed by atoms with Crippen LogP contribution in [0.1, 0.15) is 11.1 Å². The number of amides is 1. The number of nitrogens with zero attached hydrogens (tertiary/aromatic N) is 5. The van der Waals surface area contributed by atoms with E-state index in [2.05, 4.69) is 16.9 Å². The highest BCUT2D eigenvalue weighted by Gasteiger charge is 2.27. The smallest absolute Gasteiger partial charge is 0.272 e. The van der Waals surface area contributed by atoms with Crippen LogP contribution in [0, 0.1) is 0 Å². The third kappa shape index (κ3) is 5.68. The minimum atomic E-state index is -0.0605. The number of thioether (sulfide) groups is 1. The molecule has 3 aromatic carbocycles. The van der Waals surface area contributed by atoms with Gasteiger partial charge in [0.15, 0.2) is 0 Å². The minimum Gasteiger partial charge on any atom is -0.441 e. The van der Waals surface area contributed by atoms with Crippen LogP contribution in [-0.2, 0) is 4.79 Å². The summed E-state index contributed by atoms with van der Waals surface area (Å²) in [5.41, 5.74) is 4.48. The lowest BCUT2D eigenvalue weighted by atomic mass is 10.1. The number of allylic oxidation sites excluding steroid dienone is 1. The molecule has 0 aliphatic carbocycles. The van der Waals surface area contributed by atoms with Crippen molar-refractivity contribution in [2.45, 2.75) is 4.90 Å². The second-order valence-electron chi connectivity index (χ2n) is 9.44. The predicted molar refractivity (Wildman–Crippen MR) is 159 cm³/mol. The molecule has 39 heavy (non-hydrogen) atoms. The Bertz CT molecular complexity index is 1540. The van der Waals surface area contributed by atoms with Crippen LogP contribution in [0.15, 0.2) is 98.1 Å². The number of rotatable bonds is 3. The molecule has 1 saturated heterocycles. The molecule has 196 valence electrons. The van der Waals surface area contributed by atoms with Crippen molar-refractivity contribution in [1.82, 2.24) is 9.80 Å². The highest BCUT2D eigenvalue weighted by Crippen LogP contribution is 2.35. The first-order valence-electron chi connectivity index (χ1n) is 12.7. The van der Waals surface area contributed by atoms with Crippen LogP contribution in [-0.4, -0.2) is 72.8 Å². The van der Waals surface area contributed by atoms with Crippen LogP contribution in [0.4, 0.5) is 11.4 Å². The van der Waals surface area contributed by atoms with E-state index in [0.29, 0.717) is 41.2 Å². The Balaban J connectivity index is 1.22. The lowest BCUT2D eigenvalue weighted by Gasteiger charge is -2.32. The van der Waals surface area contributed by atoms with Crippen LogP contribution in [0.25, 0.3) is 0 Å². The van der Waals surface area contributed by atoms with E-state index in [1.165, 1.54) is 0 Å². The highest BCUT2D eigenvalue weighted by molar-refractivity contribution is 8.02. The first-order chi connectivity index (χ1) is 19.0. The molecule has 0 unspecified atom stereocenters. The molecule has 3 aliphatic heterocycles. The normalized spacial score (nSPS) is 17.2. The summed E-state index contributed by atoms with van der Waals surface area (Å²) < 4.78 is 6.15. The summed E-state index contributed by atoms with van der Waals surface area (Å²) in [6, 6.07) is 21.0. The van der Waals surface area contributed by atoms with E-state index >= 15 is 0 Å². The summed E-state index contributed by atoms with van der Waals surface area (Å²) in [6.45, 7) is 3.25. The van der Waals surface area contributed by atoms with E-state index in [1.807, 2.05) is 83.1 Å². The molecule has 0 atom stereocenters. The number of hydrogen-bond donors (Lipinski definition) is 0. The Kier molecular flexibility index (Phi) is 7.32. The Morgan fingerprint density at radius 3 is 2.56 bits per heavy atom. The second-order valence-corrected chi connectivity index (χ2v) is 10.8. The van der Waals surface area contributed by atoms with Gasteiger partial charge in [-0.3, -0.25) is 9.79 Å². The second kappa shape index (κ2) is 11.2. The number of halogens is 1. The van der Waals surface area contributed by atoms with Gasteiger partial charge in [-0.2, -0.15) is 0 Å². The summed E-state index contributed by atoms with van der Waals surface area (Å²) in [6.07, 6.45) is 1.99. The lowest BCUT2D eigenvalue weighted by molar-refractivity contribution is -0.125. The number of carbonyl (C=O) groups is 1. The van der Waals surface area contributed by atoms with Gasteiger partial charge in [-0.05, 0) is 67.1 Å². The van der Waals surface area contributed by atoms with E-state index in [0.717, 1.165) is 40.5 Å². The van der Waals surface area contributed by atoms with Crippen LogP contribution in [0.5, 0.6) is 5.75 Å². The van der Waals surface area contributed by atoms with Crippen LogP contribution in [0.3, 0.4) is 0 Å². The Morgan fingerprint density at radius 1 is 0.949 bits per heavy atom. The van der Waals surface area contributed by atoms with E-state index in [-0.39, 0.29) is 12.5 Å². The summed E-state index contributed by atoms with van der Waals surface area (Å²) >= 11 is 7.81. The van der Waals surface area contributed by atoms with Crippen molar-refractivity contribution in [3.63, 3.8) is 0 Å². The Morgan fingerprint density at radius 2 is 1.74 bits per heavy atom. The molecule has 0 bridgehead atoms. The molecule has 7 nitrogen and oxygen atoms in total. The molecule has 0 aromatic heterocycles. The van der Waals surface area contributed by atoms with Gasteiger partial charge in [0.2, 0.25) is 5.90 Å². The molecular formula is C30H26ClN5O2S. The topological polar surface area (TPSA) is 69.9 Å². The fourth-order valence-corrected chi connectivity index (χ4v) is 5.46. The Labute approximate surface area is 236 Å². The standard InChI is InChI=1S/C30H26ClN5O2S/c1-35-13-15-36(16-14-35)30(37)29-23-4-2-3-5-25(23)34-28(19-32-29)38-22-9-6-20(7-10-22)24-12-17-39-27-11-8-21(31)18-26(27)33-24/h2-12,17-18H,13-16,19H2,1H3. The molecule has 0 N–H and O–H groups in total. The summed E-state index contributed by atoms with van der Waals surface area (Å²) in [4.78, 5) is 32.8. The third-order valence-electron chi connectivity index (χ3n) is 6.74. The monoisotopic (exact) mass is 555 g/mol. The average molecular weight is 556 g/mol. The number of piperazine rings is 1. The van der Waals surface area contributed by atoms with Gasteiger partial charge in [0.25, 0.3) is 5.91 Å². The van der Waals surface area contributed by atoms with Crippen molar-refractivity contribution in [3.8, 4) is 5.75 Å². The molecule has 3 heterocycles. The molecule has 1 fully saturated rings. The van der Waals surface area contributed by atoms with Gasteiger partial charge >= 0.3 is 0 Å². The minimum absolute atomic E-state index is 0.0605. The molecule has 9 heteroatoms. The van der Waals surface area contributed by atoms with Gasteiger partial charge in [0.05, 0.1) is 17.1 Å². The molecule has 6 rings (SSSR count). The fourth-order valence-electron chi connectivity index (χ4n) is 4.58. The van der Waals surface area contributed by atoms with Crippen molar-refractivity contribution >= 4 is 58.0 Å². The van der Waals surface area contributed by atoms with E-state index < -0.39 is 0 Å². The van der Waals surface area contributed by atoms with Crippen molar-refractivity contribution in [1.29, 1.82) is 0 Å². The van der Waals surface area contributed by atoms with Crippen LogP contribution >= 0.6 is 23.4 Å². The number of para-hydroxylation sites is 1. The summed E-state index contributed by atoms with van der Waals surface area (Å²) in [5.74, 6) is 1.01. The largest absolute Gasteiger partial charge is 0.441 e. The van der Waals surface area contributed by atoms with Crippen molar-refractivity contribution in [2.75, 3.05) is 39.8 Å². The van der Waals surface area contributed by atoms with Gasteiger partial charge in [-0.25, -0.2) is 9.98 Å². The number of ether oxygens (including phenoxy) is 1. The van der Waals surface area contributed by atoms with E-state index in [9.17, 15) is 4.79 Å². The molecular weight excluding hydrogens is 530 g/mol. The van der Waals surface area contributed by atoms with E-state index in [1.54, 1.807) is 11.8 Å². The number of carbonyl (C=O) groups excluding carboxylic acids is 1. The fraction of sp³-hybridized carbons (Fsp3) is 0.200. The lowest BCUT2D eigenvalue weighted by Crippen LogP contribution is -2.49. The van der Waals surface area contributed by atoms with Gasteiger partial charge in [0.1, 0.15) is 18.0 Å². The molecule has 0 spiro atoms. The van der Waals surface area contributed by atoms with Crippen LogP contribution < -0.4 is 4.74 Å². The number of hydrogen-bond acceptors (Lipinski definition) is 7. The van der Waals surface area contributed by atoms with Gasteiger partial charge in [-0.15, -0.1) is 0 Å². The van der Waals surface area contributed by atoms with Gasteiger partial charge in [-0.1, -0.05) is 41.6 Å². The van der Waals surface area contributed by atoms with Crippen molar-refractivity contribution in [2.24, 2.45) is 15.0 Å². The van der Waals surface area contributed by atoms with Crippen LogP contribution in [0.2, 0.25) is 5.02 Å². The zero-order chi connectivity index (χ0) is 26.8. The number of aliphatic imine (C=N–C) groups is 3. The summed E-state index contributed by atoms with van der Waals surface area (Å²) in [7, 11) is 2.07. The quantitative estimate of drug-likeness (QED) is 0.412. The third-order valence-corrected chi connectivity index (χ3v) is 7.84. The maximum atomic E-state index is 13.4. The number of benzene rings is 3.